The lowest BCUT2D eigenvalue weighted by Crippen LogP contribution is -2.40. The Morgan fingerprint density at radius 3 is 3.07 bits per heavy atom. The van der Waals surface area contributed by atoms with Crippen molar-refractivity contribution in [3.05, 3.63) is 0 Å². The van der Waals surface area contributed by atoms with Crippen LogP contribution < -0.4 is 0 Å². The van der Waals surface area contributed by atoms with Crippen LogP contribution in [-0.2, 0) is 9.53 Å². The quantitative estimate of drug-likeness (QED) is 0.338. The average molecular weight is 304 g/mol. The number of terminal acetylenes is 1. The van der Waals surface area contributed by atoms with E-state index in [0.29, 0.717) is 18.3 Å². The van der Waals surface area contributed by atoms with Crippen molar-refractivity contribution in [2.24, 2.45) is 11.8 Å². The van der Waals surface area contributed by atoms with Gasteiger partial charge in [-0.15, -0.1) is 12.3 Å². The maximum atomic E-state index is 11.3. The van der Waals surface area contributed by atoms with Crippen LogP contribution in [0.2, 0.25) is 0 Å². The molecule has 0 unspecified atom stereocenters. The van der Waals surface area contributed by atoms with E-state index in [2.05, 4.69) is 28.5 Å². The number of carbonyl (C=O) groups excluding carboxylic acids is 1. The van der Waals surface area contributed by atoms with Crippen molar-refractivity contribution in [2.75, 3.05) is 4.43 Å². The molecule has 1 saturated carbocycles. The molecule has 1 heterocycles. The van der Waals surface area contributed by atoms with Crippen LogP contribution in [0.25, 0.3) is 0 Å². The van der Waals surface area contributed by atoms with E-state index in [-0.39, 0.29) is 11.6 Å². The number of alkyl halides is 1. The first-order valence-corrected chi connectivity index (χ1v) is 6.46. The number of hydrogen-bond donors (Lipinski definition) is 0. The molecule has 3 heteroatoms. The highest BCUT2D eigenvalue weighted by Crippen LogP contribution is 2.51. The average Bonchev–Trinajstić information content (AvgIpc) is 2.63. The number of halogens is 1. The first-order chi connectivity index (χ1) is 6.73. The van der Waals surface area contributed by atoms with Gasteiger partial charge < -0.3 is 4.74 Å². The molecule has 0 aromatic heterocycles. The third-order valence-corrected chi connectivity index (χ3v) is 4.73. The van der Waals surface area contributed by atoms with E-state index in [1.165, 1.54) is 0 Å². The third-order valence-electron chi connectivity index (χ3n) is 3.54. The highest BCUT2D eigenvalue weighted by molar-refractivity contribution is 14.1. The molecule has 1 saturated heterocycles. The van der Waals surface area contributed by atoms with Crippen LogP contribution in [0, 0.1) is 24.2 Å². The van der Waals surface area contributed by atoms with Gasteiger partial charge in [0.2, 0.25) is 0 Å². The van der Waals surface area contributed by atoms with E-state index in [9.17, 15) is 4.79 Å². The Morgan fingerprint density at radius 1 is 1.64 bits per heavy atom. The summed E-state index contributed by atoms with van der Waals surface area (Å²) < 4.78 is 6.43. The Balaban J connectivity index is 2.23. The Kier molecular flexibility index (Phi) is 2.74. The van der Waals surface area contributed by atoms with Gasteiger partial charge in [0.1, 0.15) is 5.60 Å². The number of hydrogen-bond acceptors (Lipinski definition) is 2. The zero-order valence-corrected chi connectivity index (χ0v) is 10.1. The van der Waals surface area contributed by atoms with E-state index in [0.717, 1.165) is 23.7 Å². The Bertz CT molecular complexity index is 294. The predicted molar refractivity (Wildman–Crippen MR) is 62.0 cm³/mol. The van der Waals surface area contributed by atoms with Gasteiger partial charge in [0.15, 0.2) is 0 Å². The van der Waals surface area contributed by atoms with Gasteiger partial charge in [0, 0.05) is 22.7 Å². The largest absolute Gasteiger partial charge is 0.458 e. The van der Waals surface area contributed by atoms with E-state index >= 15 is 0 Å². The van der Waals surface area contributed by atoms with Crippen LogP contribution in [0.1, 0.15) is 25.7 Å². The monoisotopic (exact) mass is 304 g/mol. The van der Waals surface area contributed by atoms with Gasteiger partial charge in [-0.2, -0.15) is 0 Å². The van der Waals surface area contributed by atoms with Gasteiger partial charge in [0.05, 0.1) is 6.42 Å². The summed E-state index contributed by atoms with van der Waals surface area (Å²) in [5.41, 5.74) is -0.218. The Morgan fingerprint density at radius 2 is 2.43 bits per heavy atom. The number of rotatable bonds is 2. The molecule has 2 aliphatic rings. The van der Waals surface area contributed by atoms with Gasteiger partial charge in [-0.05, 0) is 12.8 Å². The molecule has 0 bridgehead atoms. The van der Waals surface area contributed by atoms with Crippen molar-refractivity contribution in [3.8, 4) is 12.3 Å². The van der Waals surface area contributed by atoms with Crippen molar-refractivity contribution in [3.63, 3.8) is 0 Å². The fourth-order valence-electron chi connectivity index (χ4n) is 2.78. The first kappa shape index (κ1) is 10.3. The van der Waals surface area contributed by atoms with Crippen LogP contribution in [0.15, 0.2) is 0 Å². The second-order valence-electron chi connectivity index (χ2n) is 4.15. The normalized spacial score (nSPS) is 40.4. The van der Waals surface area contributed by atoms with E-state index in [1.807, 2.05) is 0 Å². The molecule has 1 aliphatic heterocycles. The van der Waals surface area contributed by atoms with Crippen LogP contribution in [0.5, 0.6) is 0 Å². The molecule has 14 heavy (non-hydrogen) atoms. The lowest BCUT2D eigenvalue weighted by Gasteiger charge is -2.31. The number of esters is 1. The van der Waals surface area contributed by atoms with Crippen LogP contribution >= 0.6 is 22.6 Å². The second-order valence-corrected chi connectivity index (χ2v) is 4.91. The molecule has 2 rings (SSSR count). The molecule has 0 N–H and O–H groups in total. The number of carbonyl (C=O) groups is 1. The van der Waals surface area contributed by atoms with E-state index in [1.54, 1.807) is 0 Å². The molecule has 0 aromatic carbocycles. The SMILES string of the molecule is C#CC[C@H]1CC[C@H]2CC(=O)O[C@@]12CI. The van der Waals surface area contributed by atoms with Crippen molar-refractivity contribution < 1.29 is 9.53 Å². The Labute approximate surface area is 97.9 Å². The summed E-state index contributed by atoms with van der Waals surface area (Å²) >= 11 is 2.32. The summed E-state index contributed by atoms with van der Waals surface area (Å²) in [5, 5.41) is 0. The minimum atomic E-state index is -0.218. The van der Waals surface area contributed by atoms with Crippen molar-refractivity contribution >= 4 is 28.6 Å². The molecule has 2 nitrogen and oxygen atoms in total. The van der Waals surface area contributed by atoms with Gasteiger partial charge >= 0.3 is 5.97 Å². The number of ether oxygens (including phenoxy) is 1. The molecule has 76 valence electrons. The van der Waals surface area contributed by atoms with Gasteiger partial charge in [-0.3, -0.25) is 4.79 Å². The predicted octanol–water partition coefficient (Wildman–Crippen LogP) is 2.16. The molecule has 0 spiro atoms. The smallest absolute Gasteiger partial charge is 0.306 e. The fourth-order valence-corrected chi connectivity index (χ4v) is 4.18. The van der Waals surface area contributed by atoms with Gasteiger partial charge in [-0.1, -0.05) is 22.6 Å². The summed E-state index contributed by atoms with van der Waals surface area (Å²) in [6.07, 6.45) is 8.91. The van der Waals surface area contributed by atoms with Gasteiger partial charge in [0.25, 0.3) is 0 Å². The minimum absolute atomic E-state index is 0.0339. The van der Waals surface area contributed by atoms with E-state index in [4.69, 9.17) is 11.2 Å². The molecule has 0 aromatic rings. The van der Waals surface area contributed by atoms with Gasteiger partial charge in [-0.25, -0.2) is 0 Å². The molecule has 2 fully saturated rings. The first-order valence-electron chi connectivity index (χ1n) is 4.94. The molecule has 3 atom stereocenters. The highest BCUT2D eigenvalue weighted by atomic mass is 127. The molecule has 1 aliphatic carbocycles. The highest BCUT2D eigenvalue weighted by Gasteiger charge is 2.56. The maximum absolute atomic E-state index is 11.3. The second kappa shape index (κ2) is 3.73. The minimum Gasteiger partial charge on any atom is -0.458 e. The lowest BCUT2D eigenvalue weighted by molar-refractivity contribution is -0.150. The lowest BCUT2D eigenvalue weighted by atomic mass is 9.85. The Hall–Kier alpha value is -0.240. The van der Waals surface area contributed by atoms with Crippen LogP contribution in [-0.4, -0.2) is 16.0 Å². The van der Waals surface area contributed by atoms with Crippen molar-refractivity contribution in [1.82, 2.24) is 0 Å². The molecule has 0 amide bonds. The summed E-state index contributed by atoms with van der Waals surface area (Å²) in [6, 6.07) is 0. The zero-order chi connectivity index (χ0) is 10.2. The van der Waals surface area contributed by atoms with E-state index < -0.39 is 0 Å². The topological polar surface area (TPSA) is 26.3 Å². The van der Waals surface area contributed by atoms with Crippen LogP contribution in [0.3, 0.4) is 0 Å². The zero-order valence-electron chi connectivity index (χ0n) is 7.96. The molecular weight excluding hydrogens is 291 g/mol. The summed E-state index contributed by atoms with van der Waals surface area (Å²) in [6.45, 7) is 0. The summed E-state index contributed by atoms with van der Waals surface area (Å²) in [7, 11) is 0. The molecule has 0 radical (unpaired) electrons. The summed E-state index contributed by atoms with van der Waals surface area (Å²) in [5.74, 6) is 3.48. The van der Waals surface area contributed by atoms with Crippen LogP contribution in [0.4, 0.5) is 0 Å². The maximum Gasteiger partial charge on any atom is 0.306 e. The number of fused-ring (bicyclic) bond motifs is 1. The fraction of sp³-hybridized carbons (Fsp3) is 0.727. The third kappa shape index (κ3) is 1.35. The standard InChI is InChI=1S/C11H13IO2/c1-2-3-8-4-5-9-6-10(13)14-11(8,9)7-12/h1,8-9H,3-7H2/t8-,9-,11-/m0/s1. The van der Waals surface area contributed by atoms with Crippen molar-refractivity contribution in [2.45, 2.75) is 31.3 Å². The van der Waals surface area contributed by atoms with Crippen molar-refractivity contribution in [1.29, 1.82) is 0 Å². The molecular formula is C11H13IO2. The summed E-state index contributed by atoms with van der Waals surface area (Å²) in [4.78, 5) is 11.3.